The zero-order valence-corrected chi connectivity index (χ0v) is 22.1. The molecule has 10 atom stereocenters. The number of aliphatic hydroxyl groups excluding tert-OH is 1. The van der Waals surface area contributed by atoms with Gasteiger partial charge in [0.05, 0.1) is 23.9 Å². The van der Waals surface area contributed by atoms with Gasteiger partial charge < -0.3 is 24.9 Å². The summed E-state index contributed by atoms with van der Waals surface area (Å²) < 4.78 is 12.0. The maximum Gasteiger partial charge on any atom is 0.235 e. The molecule has 2 aromatic rings. The van der Waals surface area contributed by atoms with Crippen LogP contribution in [-0.4, -0.2) is 58.8 Å². The normalized spacial score (nSPS) is 44.4. The van der Waals surface area contributed by atoms with E-state index in [4.69, 9.17) is 9.47 Å². The highest BCUT2D eigenvalue weighted by Crippen LogP contribution is 2.66. The number of hydrogen-bond acceptors (Lipinski definition) is 5. The quantitative estimate of drug-likeness (QED) is 0.336. The molecule has 7 heteroatoms. The Bertz CT molecular complexity index is 1250. The molecular weight excluding hydrogens is 468 g/mol. The summed E-state index contributed by atoms with van der Waals surface area (Å²) in [4.78, 5) is 31.9. The number of para-hydroxylation sites is 1. The van der Waals surface area contributed by atoms with Crippen LogP contribution in [0.25, 0.3) is 10.9 Å². The van der Waals surface area contributed by atoms with Gasteiger partial charge in [0.1, 0.15) is 5.41 Å². The van der Waals surface area contributed by atoms with Crippen LogP contribution in [0.15, 0.2) is 42.6 Å². The monoisotopic (exact) mass is 506 g/mol. The molecule has 2 aliphatic carbocycles. The number of aliphatic hydroxyl groups is 1. The van der Waals surface area contributed by atoms with E-state index in [9.17, 15) is 14.7 Å². The number of epoxide rings is 1. The van der Waals surface area contributed by atoms with Crippen molar-refractivity contribution in [2.45, 2.75) is 76.4 Å². The third-order valence-electron chi connectivity index (χ3n) is 10.1. The number of nitrogens with one attached hydrogen (secondary N) is 2. The Morgan fingerprint density at radius 2 is 2.00 bits per heavy atom. The van der Waals surface area contributed by atoms with Crippen LogP contribution < -0.4 is 5.32 Å². The number of fused-ring (bicyclic) bond motifs is 3. The SMILES string of the molecule is CO[C@H]1CC(=O)[C@@]23C(=O)N[C@H](Cc4c[nH]c5ccccc45)[C@@H]2[C@@H](C)[C@]2(C)O[C@@H]2[C@@H]3/C=C\C[C@@H](C)C[C@H]1O. The molecule has 3 fully saturated rings. The van der Waals surface area contributed by atoms with Gasteiger partial charge in [-0.25, -0.2) is 0 Å². The van der Waals surface area contributed by atoms with Crippen LogP contribution in [0.4, 0.5) is 0 Å². The Hall–Kier alpha value is -2.48. The number of hydrogen-bond donors (Lipinski definition) is 3. The van der Waals surface area contributed by atoms with Crippen LogP contribution in [0.5, 0.6) is 0 Å². The van der Waals surface area contributed by atoms with E-state index < -0.39 is 17.6 Å². The molecule has 1 saturated carbocycles. The predicted octanol–water partition coefficient (Wildman–Crippen LogP) is 3.56. The average Bonchev–Trinajstić information content (AvgIpc) is 3.28. The van der Waals surface area contributed by atoms with E-state index in [-0.39, 0.29) is 59.5 Å². The van der Waals surface area contributed by atoms with E-state index in [1.807, 2.05) is 24.4 Å². The lowest BCUT2D eigenvalue weighted by molar-refractivity contribution is -0.151. The molecule has 6 rings (SSSR count). The zero-order chi connectivity index (χ0) is 26.1. The van der Waals surface area contributed by atoms with Gasteiger partial charge in [-0.15, -0.1) is 0 Å². The highest BCUT2D eigenvalue weighted by molar-refractivity contribution is 6.09. The number of aromatic nitrogens is 1. The van der Waals surface area contributed by atoms with Gasteiger partial charge in [-0.3, -0.25) is 9.59 Å². The van der Waals surface area contributed by atoms with E-state index in [1.54, 1.807) is 0 Å². The summed E-state index contributed by atoms with van der Waals surface area (Å²) in [6.45, 7) is 6.36. The van der Waals surface area contributed by atoms with Gasteiger partial charge >= 0.3 is 0 Å². The van der Waals surface area contributed by atoms with Gasteiger partial charge in [0.15, 0.2) is 5.78 Å². The van der Waals surface area contributed by atoms with Crippen molar-refractivity contribution in [3.8, 4) is 0 Å². The molecule has 2 aliphatic heterocycles. The molecular formula is C30H38N2O5. The molecule has 198 valence electrons. The van der Waals surface area contributed by atoms with Crippen molar-refractivity contribution in [3.05, 3.63) is 48.2 Å². The van der Waals surface area contributed by atoms with Crippen LogP contribution in [0.2, 0.25) is 0 Å². The van der Waals surface area contributed by atoms with Crippen molar-refractivity contribution in [1.29, 1.82) is 0 Å². The molecule has 1 spiro atoms. The number of ether oxygens (including phenoxy) is 2. The number of Topliss-reactive ketones (excluding diaryl/α,β-unsaturated/α-hetero) is 1. The minimum atomic E-state index is -1.25. The smallest absolute Gasteiger partial charge is 0.235 e. The number of H-pyrrole nitrogens is 1. The molecule has 7 nitrogen and oxygen atoms in total. The van der Waals surface area contributed by atoms with Gasteiger partial charge in [-0.1, -0.05) is 44.2 Å². The third-order valence-corrected chi connectivity index (χ3v) is 10.1. The van der Waals surface area contributed by atoms with Crippen molar-refractivity contribution < 1.29 is 24.2 Å². The third kappa shape index (κ3) is 3.57. The van der Waals surface area contributed by atoms with Gasteiger partial charge in [-0.2, -0.15) is 0 Å². The zero-order valence-electron chi connectivity index (χ0n) is 22.1. The second-order valence-electron chi connectivity index (χ2n) is 12.0. The number of carbonyl (C=O) groups excluding carboxylic acids is 2. The van der Waals surface area contributed by atoms with Crippen molar-refractivity contribution >= 4 is 22.6 Å². The molecule has 3 N–H and O–H groups in total. The first kappa shape index (κ1) is 24.8. The molecule has 0 radical (unpaired) electrons. The lowest BCUT2D eigenvalue weighted by atomic mass is 9.51. The fourth-order valence-electron chi connectivity index (χ4n) is 7.91. The molecule has 3 heterocycles. The molecule has 1 aromatic heterocycles. The molecule has 0 bridgehead atoms. The summed E-state index contributed by atoms with van der Waals surface area (Å²) >= 11 is 0. The second-order valence-corrected chi connectivity index (χ2v) is 12.0. The number of methoxy groups -OCH3 is 1. The Morgan fingerprint density at radius 3 is 2.78 bits per heavy atom. The highest BCUT2D eigenvalue weighted by atomic mass is 16.6. The summed E-state index contributed by atoms with van der Waals surface area (Å²) in [5.41, 5.74) is 0.561. The average molecular weight is 507 g/mol. The number of ketones is 1. The summed E-state index contributed by atoms with van der Waals surface area (Å²) in [5, 5.41) is 15.3. The standard InChI is InChI=1S/C30H38N2O5/c1-16-8-7-10-20-27-29(3,37-27)17(2)26-22(13-18-15-31-21-11-6-5-9-19(18)21)32-28(35)30(20,26)25(34)14-24(36-4)23(33)12-16/h5-7,9-11,15-17,20,22-24,26-27,31,33H,8,12-14H2,1-4H3,(H,32,35)/b10-7-/t16-,17-,20+,22-,23-,24+,26+,27-,29+,30-/m1/s1. The Kier molecular flexibility index (Phi) is 5.90. The summed E-state index contributed by atoms with van der Waals surface area (Å²) in [6.07, 6.45) is 6.54. The van der Waals surface area contributed by atoms with E-state index in [0.29, 0.717) is 12.8 Å². The predicted molar refractivity (Wildman–Crippen MR) is 140 cm³/mol. The summed E-state index contributed by atoms with van der Waals surface area (Å²) in [7, 11) is 1.54. The van der Waals surface area contributed by atoms with Crippen LogP contribution in [-0.2, 0) is 25.5 Å². The molecule has 2 saturated heterocycles. The van der Waals surface area contributed by atoms with E-state index in [2.05, 4.69) is 49.3 Å². The minimum Gasteiger partial charge on any atom is -0.390 e. The van der Waals surface area contributed by atoms with Crippen molar-refractivity contribution in [2.24, 2.45) is 29.1 Å². The maximum absolute atomic E-state index is 14.4. The number of aromatic amines is 1. The molecule has 1 amide bonds. The largest absolute Gasteiger partial charge is 0.390 e. The Balaban J connectivity index is 1.46. The van der Waals surface area contributed by atoms with Crippen molar-refractivity contribution in [2.75, 3.05) is 7.11 Å². The number of benzene rings is 1. The maximum atomic E-state index is 14.4. The van der Waals surface area contributed by atoms with Crippen LogP contribution >= 0.6 is 0 Å². The number of amides is 1. The van der Waals surface area contributed by atoms with Crippen LogP contribution in [0.1, 0.15) is 45.6 Å². The fourth-order valence-corrected chi connectivity index (χ4v) is 7.91. The van der Waals surface area contributed by atoms with Crippen molar-refractivity contribution in [3.63, 3.8) is 0 Å². The molecule has 0 unspecified atom stereocenters. The topological polar surface area (TPSA) is 104 Å². The lowest BCUT2D eigenvalue weighted by Gasteiger charge is -2.46. The van der Waals surface area contributed by atoms with Gasteiger partial charge in [0.2, 0.25) is 5.91 Å². The van der Waals surface area contributed by atoms with Gasteiger partial charge in [0, 0.05) is 48.5 Å². The minimum absolute atomic E-state index is 0.00442. The van der Waals surface area contributed by atoms with E-state index >= 15 is 0 Å². The van der Waals surface area contributed by atoms with Gasteiger partial charge in [-0.05, 0) is 49.7 Å². The molecule has 1 aromatic carbocycles. The first-order valence-electron chi connectivity index (χ1n) is 13.7. The Labute approximate surface area is 218 Å². The summed E-state index contributed by atoms with van der Waals surface area (Å²) in [5.74, 6) is -0.717. The lowest BCUT2D eigenvalue weighted by Crippen LogP contribution is -2.59. The number of carbonyl (C=O) groups is 2. The first-order valence-corrected chi connectivity index (χ1v) is 13.7. The van der Waals surface area contributed by atoms with Crippen molar-refractivity contribution in [1.82, 2.24) is 10.3 Å². The Morgan fingerprint density at radius 1 is 1.22 bits per heavy atom. The summed E-state index contributed by atoms with van der Waals surface area (Å²) in [6, 6.07) is 7.95. The number of rotatable bonds is 3. The first-order chi connectivity index (χ1) is 17.7. The molecule has 37 heavy (non-hydrogen) atoms. The second kappa shape index (κ2) is 8.79. The molecule has 4 aliphatic rings. The fraction of sp³-hybridized carbons (Fsp3) is 0.600. The van der Waals surface area contributed by atoms with E-state index in [0.717, 1.165) is 22.9 Å². The van der Waals surface area contributed by atoms with Crippen LogP contribution in [0.3, 0.4) is 0 Å². The van der Waals surface area contributed by atoms with E-state index in [1.165, 1.54) is 7.11 Å². The van der Waals surface area contributed by atoms with Gasteiger partial charge in [0.25, 0.3) is 0 Å². The van der Waals surface area contributed by atoms with Crippen LogP contribution in [0, 0.1) is 29.1 Å². The number of allylic oxidation sites excluding steroid dienone is 1. The highest BCUT2D eigenvalue weighted by Gasteiger charge is 2.78.